The molecule has 0 saturated carbocycles. The second-order valence-electron chi connectivity index (χ2n) is 2.68. The van der Waals surface area contributed by atoms with Gasteiger partial charge in [0.2, 0.25) is 6.39 Å². The number of aromatic nitrogens is 2. The third kappa shape index (κ3) is 2.20. The standard InChI is InChI=1S/C10H7ClN2O/c11-9-3-1-2-8(6-9)4-5-10-12-7-14-13-10/h1-7H/b5-4+. The van der Waals surface area contributed by atoms with Gasteiger partial charge in [0.25, 0.3) is 0 Å². The zero-order chi connectivity index (χ0) is 9.80. The minimum atomic E-state index is 0.546. The summed E-state index contributed by atoms with van der Waals surface area (Å²) in [5, 5.41) is 4.36. The molecular formula is C10H7ClN2O. The molecule has 2 rings (SSSR count). The molecule has 0 bridgehead atoms. The van der Waals surface area contributed by atoms with Crippen molar-refractivity contribution in [2.24, 2.45) is 0 Å². The average molecular weight is 207 g/mol. The second-order valence-corrected chi connectivity index (χ2v) is 3.11. The molecule has 0 N–H and O–H groups in total. The van der Waals surface area contributed by atoms with Gasteiger partial charge in [0.05, 0.1) is 0 Å². The fraction of sp³-hybridized carbons (Fsp3) is 0. The van der Waals surface area contributed by atoms with Gasteiger partial charge in [0, 0.05) is 5.02 Å². The Morgan fingerprint density at radius 3 is 2.93 bits per heavy atom. The van der Waals surface area contributed by atoms with Crippen molar-refractivity contribution in [1.29, 1.82) is 0 Å². The van der Waals surface area contributed by atoms with E-state index in [1.165, 1.54) is 6.39 Å². The topological polar surface area (TPSA) is 38.9 Å². The van der Waals surface area contributed by atoms with E-state index in [2.05, 4.69) is 14.7 Å². The number of benzene rings is 1. The van der Waals surface area contributed by atoms with Crippen LogP contribution < -0.4 is 0 Å². The number of halogens is 1. The van der Waals surface area contributed by atoms with Gasteiger partial charge in [0.1, 0.15) is 0 Å². The van der Waals surface area contributed by atoms with Crippen LogP contribution in [0.25, 0.3) is 12.2 Å². The van der Waals surface area contributed by atoms with Gasteiger partial charge in [-0.25, -0.2) is 0 Å². The van der Waals surface area contributed by atoms with E-state index in [1.807, 2.05) is 30.3 Å². The molecule has 0 aliphatic heterocycles. The first kappa shape index (κ1) is 8.97. The number of nitrogens with zero attached hydrogens (tertiary/aromatic N) is 2. The van der Waals surface area contributed by atoms with Crippen molar-refractivity contribution in [2.45, 2.75) is 0 Å². The van der Waals surface area contributed by atoms with Crippen molar-refractivity contribution in [3.63, 3.8) is 0 Å². The molecule has 1 aromatic heterocycles. The van der Waals surface area contributed by atoms with Crippen LogP contribution in [0.4, 0.5) is 0 Å². The molecule has 2 aromatic rings. The van der Waals surface area contributed by atoms with E-state index in [1.54, 1.807) is 6.08 Å². The van der Waals surface area contributed by atoms with Gasteiger partial charge in [-0.3, -0.25) is 0 Å². The van der Waals surface area contributed by atoms with Gasteiger partial charge in [-0.1, -0.05) is 35.0 Å². The highest BCUT2D eigenvalue weighted by atomic mass is 35.5. The van der Waals surface area contributed by atoms with Gasteiger partial charge >= 0.3 is 0 Å². The molecular weight excluding hydrogens is 200 g/mol. The molecule has 0 saturated heterocycles. The minimum Gasteiger partial charge on any atom is -0.342 e. The summed E-state index contributed by atoms with van der Waals surface area (Å²) in [7, 11) is 0. The molecule has 0 aliphatic carbocycles. The highest BCUT2D eigenvalue weighted by Gasteiger charge is 1.92. The molecule has 4 heteroatoms. The van der Waals surface area contributed by atoms with Gasteiger partial charge in [-0.2, -0.15) is 4.98 Å². The van der Waals surface area contributed by atoms with Crippen molar-refractivity contribution < 1.29 is 4.52 Å². The maximum Gasteiger partial charge on any atom is 0.214 e. The fourth-order valence-corrected chi connectivity index (χ4v) is 1.23. The SMILES string of the molecule is Clc1cccc(/C=C/c2ncon2)c1. The van der Waals surface area contributed by atoms with Gasteiger partial charge < -0.3 is 4.52 Å². The summed E-state index contributed by atoms with van der Waals surface area (Å²) in [6.07, 6.45) is 4.92. The smallest absolute Gasteiger partial charge is 0.214 e. The second kappa shape index (κ2) is 4.07. The van der Waals surface area contributed by atoms with E-state index < -0.39 is 0 Å². The van der Waals surface area contributed by atoms with E-state index >= 15 is 0 Å². The van der Waals surface area contributed by atoms with Crippen LogP contribution in [0.5, 0.6) is 0 Å². The zero-order valence-corrected chi connectivity index (χ0v) is 7.98. The lowest BCUT2D eigenvalue weighted by Crippen LogP contribution is -1.74. The Morgan fingerprint density at radius 2 is 2.21 bits per heavy atom. The third-order valence-electron chi connectivity index (χ3n) is 1.65. The summed E-state index contributed by atoms with van der Waals surface area (Å²) in [6.45, 7) is 0. The van der Waals surface area contributed by atoms with Crippen molar-refractivity contribution in [1.82, 2.24) is 10.1 Å². The third-order valence-corrected chi connectivity index (χ3v) is 1.89. The average Bonchev–Trinajstić information content (AvgIpc) is 2.67. The Balaban J connectivity index is 2.18. The van der Waals surface area contributed by atoms with Crippen molar-refractivity contribution in [3.05, 3.63) is 47.1 Å². The molecule has 0 atom stereocenters. The van der Waals surface area contributed by atoms with E-state index in [0.717, 1.165) is 5.56 Å². The molecule has 0 aliphatic rings. The van der Waals surface area contributed by atoms with Crippen LogP contribution in [-0.2, 0) is 0 Å². The Bertz CT molecular complexity index is 437. The quantitative estimate of drug-likeness (QED) is 0.759. The van der Waals surface area contributed by atoms with Crippen LogP contribution in [0.3, 0.4) is 0 Å². The summed E-state index contributed by atoms with van der Waals surface area (Å²) in [5.74, 6) is 0.546. The first-order valence-corrected chi connectivity index (χ1v) is 4.42. The molecule has 0 unspecified atom stereocenters. The lowest BCUT2D eigenvalue weighted by atomic mass is 10.2. The molecule has 70 valence electrons. The van der Waals surface area contributed by atoms with Gasteiger partial charge in [-0.05, 0) is 23.8 Å². The van der Waals surface area contributed by atoms with Crippen molar-refractivity contribution >= 4 is 23.8 Å². The Kier molecular flexibility index (Phi) is 2.60. The van der Waals surface area contributed by atoms with Crippen LogP contribution in [0, 0.1) is 0 Å². The van der Waals surface area contributed by atoms with Crippen LogP contribution in [-0.4, -0.2) is 10.1 Å². The zero-order valence-electron chi connectivity index (χ0n) is 7.22. The summed E-state index contributed by atoms with van der Waals surface area (Å²) >= 11 is 5.82. The minimum absolute atomic E-state index is 0.546. The van der Waals surface area contributed by atoms with E-state index in [-0.39, 0.29) is 0 Å². The highest BCUT2D eigenvalue weighted by Crippen LogP contribution is 2.12. The predicted molar refractivity (Wildman–Crippen MR) is 54.7 cm³/mol. The maximum atomic E-state index is 5.82. The van der Waals surface area contributed by atoms with Crippen molar-refractivity contribution in [2.75, 3.05) is 0 Å². The molecule has 1 aromatic carbocycles. The molecule has 0 radical (unpaired) electrons. The molecule has 14 heavy (non-hydrogen) atoms. The summed E-state index contributed by atoms with van der Waals surface area (Å²) < 4.78 is 4.59. The normalized spacial score (nSPS) is 10.9. The van der Waals surface area contributed by atoms with Crippen LogP contribution in [0.1, 0.15) is 11.4 Å². The maximum absolute atomic E-state index is 5.82. The summed E-state index contributed by atoms with van der Waals surface area (Å²) in [6, 6.07) is 7.52. The van der Waals surface area contributed by atoms with Crippen molar-refractivity contribution in [3.8, 4) is 0 Å². The Labute approximate surface area is 86.0 Å². The van der Waals surface area contributed by atoms with Crippen LogP contribution >= 0.6 is 11.6 Å². The Morgan fingerprint density at radius 1 is 1.29 bits per heavy atom. The van der Waals surface area contributed by atoms with E-state index in [4.69, 9.17) is 11.6 Å². The molecule has 0 fully saturated rings. The molecule has 0 amide bonds. The molecule has 3 nitrogen and oxygen atoms in total. The predicted octanol–water partition coefficient (Wildman–Crippen LogP) is 2.89. The lowest BCUT2D eigenvalue weighted by molar-refractivity contribution is 0.415. The fourth-order valence-electron chi connectivity index (χ4n) is 1.03. The molecule has 0 spiro atoms. The monoisotopic (exact) mass is 206 g/mol. The largest absolute Gasteiger partial charge is 0.342 e. The van der Waals surface area contributed by atoms with E-state index in [0.29, 0.717) is 10.8 Å². The first-order chi connectivity index (χ1) is 6.84. The first-order valence-electron chi connectivity index (χ1n) is 4.04. The van der Waals surface area contributed by atoms with Gasteiger partial charge in [0.15, 0.2) is 5.82 Å². The summed E-state index contributed by atoms with van der Waals surface area (Å²) in [5.41, 5.74) is 1.00. The molecule has 1 heterocycles. The number of hydrogen-bond acceptors (Lipinski definition) is 3. The lowest BCUT2D eigenvalue weighted by Gasteiger charge is -1.92. The number of hydrogen-bond donors (Lipinski definition) is 0. The van der Waals surface area contributed by atoms with Crippen LogP contribution in [0.2, 0.25) is 5.02 Å². The Hall–Kier alpha value is -1.61. The van der Waals surface area contributed by atoms with Gasteiger partial charge in [-0.15, -0.1) is 0 Å². The highest BCUT2D eigenvalue weighted by molar-refractivity contribution is 6.30. The van der Waals surface area contributed by atoms with E-state index in [9.17, 15) is 0 Å². The number of rotatable bonds is 2. The van der Waals surface area contributed by atoms with Crippen LogP contribution in [0.15, 0.2) is 35.2 Å². The summed E-state index contributed by atoms with van der Waals surface area (Å²) in [4.78, 5) is 3.86.